The normalized spacial score (nSPS) is 10.2. The van der Waals surface area contributed by atoms with Crippen molar-refractivity contribution in [2.45, 2.75) is 6.92 Å². The fourth-order valence-corrected chi connectivity index (χ4v) is 1.18. The number of amides is 1. The minimum Gasteiger partial charge on any atom is -0.383 e. The molecular formula is C9H15N3O2. The van der Waals surface area contributed by atoms with E-state index in [2.05, 4.69) is 10.4 Å². The van der Waals surface area contributed by atoms with Crippen LogP contribution in [0.5, 0.6) is 0 Å². The lowest BCUT2D eigenvalue weighted by molar-refractivity contribution is 0.0927. The summed E-state index contributed by atoms with van der Waals surface area (Å²) >= 11 is 0. The molecule has 5 heteroatoms. The Hall–Kier alpha value is -1.36. The van der Waals surface area contributed by atoms with Gasteiger partial charge < -0.3 is 10.1 Å². The maximum Gasteiger partial charge on any atom is 0.269 e. The molecule has 1 N–H and O–H groups in total. The number of hydrogen-bond acceptors (Lipinski definition) is 3. The zero-order valence-electron chi connectivity index (χ0n) is 8.70. The molecule has 0 aliphatic heterocycles. The van der Waals surface area contributed by atoms with Gasteiger partial charge in [-0.05, 0) is 13.0 Å². The van der Waals surface area contributed by atoms with Gasteiger partial charge in [0.05, 0.1) is 12.3 Å². The summed E-state index contributed by atoms with van der Waals surface area (Å²) < 4.78 is 6.39. The zero-order chi connectivity index (χ0) is 10.6. The van der Waals surface area contributed by atoms with Crippen molar-refractivity contribution in [2.24, 2.45) is 7.05 Å². The summed E-state index contributed by atoms with van der Waals surface area (Å²) in [5, 5.41) is 6.81. The number of methoxy groups -OCH3 is 1. The summed E-state index contributed by atoms with van der Waals surface area (Å²) in [5.74, 6) is -0.120. The Morgan fingerprint density at radius 2 is 2.43 bits per heavy atom. The molecule has 0 aromatic carbocycles. The molecule has 0 aliphatic carbocycles. The second-order valence-corrected chi connectivity index (χ2v) is 3.04. The first-order chi connectivity index (χ1) is 6.65. The van der Waals surface area contributed by atoms with Crippen molar-refractivity contribution in [1.82, 2.24) is 15.1 Å². The number of nitrogens with zero attached hydrogens (tertiary/aromatic N) is 2. The van der Waals surface area contributed by atoms with Crippen molar-refractivity contribution in [1.29, 1.82) is 0 Å². The van der Waals surface area contributed by atoms with Crippen molar-refractivity contribution in [3.63, 3.8) is 0 Å². The number of ether oxygens (including phenoxy) is 1. The topological polar surface area (TPSA) is 56.1 Å². The van der Waals surface area contributed by atoms with Crippen LogP contribution < -0.4 is 5.32 Å². The van der Waals surface area contributed by atoms with Crippen molar-refractivity contribution in [2.75, 3.05) is 20.3 Å². The van der Waals surface area contributed by atoms with Gasteiger partial charge in [0, 0.05) is 20.7 Å². The van der Waals surface area contributed by atoms with E-state index in [9.17, 15) is 4.79 Å². The molecule has 0 spiro atoms. The lowest BCUT2D eigenvalue weighted by atomic mass is 10.3. The molecule has 0 radical (unpaired) electrons. The van der Waals surface area contributed by atoms with E-state index in [0.29, 0.717) is 18.8 Å². The number of aryl methyl sites for hydroxylation is 2. The van der Waals surface area contributed by atoms with Crippen LogP contribution in [0.1, 0.15) is 16.2 Å². The Labute approximate surface area is 83.1 Å². The molecule has 1 heterocycles. The van der Waals surface area contributed by atoms with E-state index >= 15 is 0 Å². The van der Waals surface area contributed by atoms with Gasteiger partial charge in [-0.25, -0.2) is 0 Å². The van der Waals surface area contributed by atoms with E-state index in [1.807, 2.05) is 6.92 Å². The lowest BCUT2D eigenvalue weighted by Crippen LogP contribution is -2.28. The minimum atomic E-state index is -0.120. The maximum absolute atomic E-state index is 11.5. The summed E-state index contributed by atoms with van der Waals surface area (Å²) in [4.78, 5) is 11.5. The molecule has 0 unspecified atom stereocenters. The molecule has 0 bridgehead atoms. The lowest BCUT2D eigenvalue weighted by Gasteiger charge is -2.03. The predicted molar refractivity (Wildman–Crippen MR) is 52.2 cm³/mol. The van der Waals surface area contributed by atoms with Gasteiger partial charge in [0.15, 0.2) is 0 Å². The highest BCUT2D eigenvalue weighted by atomic mass is 16.5. The number of rotatable bonds is 4. The number of hydrogen-bond donors (Lipinski definition) is 1. The van der Waals surface area contributed by atoms with Crippen LogP contribution in [0.3, 0.4) is 0 Å². The minimum absolute atomic E-state index is 0.120. The molecule has 1 aromatic heterocycles. The van der Waals surface area contributed by atoms with Crippen LogP contribution in [0.15, 0.2) is 6.07 Å². The number of carbonyl (C=O) groups is 1. The average Bonchev–Trinajstić information content (AvgIpc) is 2.45. The van der Waals surface area contributed by atoms with Gasteiger partial charge >= 0.3 is 0 Å². The molecule has 0 atom stereocenters. The SMILES string of the molecule is COCCNC(=O)c1cc(C)nn1C. The van der Waals surface area contributed by atoms with Gasteiger partial charge in [0.25, 0.3) is 5.91 Å². The van der Waals surface area contributed by atoms with E-state index < -0.39 is 0 Å². The first kappa shape index (κ1) is 10.7. The van der Waals surface area contributed by atoms with E-state index in [-0.39, 0.29) is 5.91 Å². The van der Waals surface area contributed by atoms with Crippen LogP contribution in [0.25, 0.3) is 0 Å². The van der Waals surface area contributed by atoms with Gasteiger partial charge in [-0.15, -0.1) is 0 Å². The summed E-state index contributed by atoms with van der Waals surface area (Å²) in [6.07, 6.45) is 0. The molecule has 14 heavy (non-hydrogen) atoms. The van der Waals surface area contributed by atoms with Gasteiger partial charge in [-0.1, -0.05) is 0 Å². The van der Waals surface area contributed by atoms with E-state index in [1.165, 1.54) is 0 Å². The Balaban J connectivity index is 2.56. The molecule has 1 aromatic rings. The standard InChI is InChI=1S/C9H15N3O2/c1-7-6-8(12(2)11-7)9(13)10-4-5-14-3/h6H,4-5H2,1-3H3,(H,10,13). The third kappa shape index (κ3) is 2.56. The van der Waals surface area contributed by atoms with E-state index in [0.717, 1.165) is 5.69 Å². The molecule has 1 amide bonds. The van der Waals surface area contributed by atoms with Gasteiger partial charge in [-0.2, -0.15) is 5.10 Å². The van der Waals surface area contributed by atoms with Crippen LogP contribution in [0.4, 0.5) is 0 Å². The Morgan fingerprint density at radius 3 is 2.93 bits per heavy atom. The van der Waals surface area contributed by atoms with Crippen LogP contribution >= 0.6 is 0 Å². The number of nitrogens with one attached hydrogen (secondary N) is 1. The monoisotopic (exact) mass is 197 g/mol. The molecule has 78 valence electrons. The summed E-state index contributed by atoms with van der Waals surface area (Å²) in [7, 11) is 3.35. The summed E-state index contributed by atoms with van der Waals surface area (Å²) in [5.41, 5.74) is 1.41. The smallest absolute Gasteiger partial charge is 0.269 e. The fraction of sp³-hybridized carbons (Fsp3) is 0.556. The van der Waals surface area contributed by atoms with Crippen molar-refractivity contribution >= 4 is 5.91 Å². The number of carbonyl (C=O) groups excluding carboxylic acids is 1. The molecule has 0 saturated heterocycles. The van der Waals surface area contributed by atoms with Crippen molar-refractivity contribution in [3.05, 3.63) is 17.5 Å². The first-order valence-electron chi connectivity index (χ1n) is 4.43. The number of aromatic nitrogens is 2. The van der Waals surface area contributed by atoms with Crippen LogP contribution in [0, 0.1) is 6.92 Å². The Morgan fingerprint density at radius 1 is 1.71 bits per heavy atom. The highest BCUT2D eigenvalue weighted by Gasteiger charge is 2.10. The molecular weight excluding hydrogens is 182 g/mol. The summed E-state index contributed by atoms with van der Waals surface area (Å²) in [6.45, 7) is 2.88. The predicted octanol–water partition coefficient (Wildman–Crippen LogP) is 0.105. The van der Waals surface area contributed by atoms with Crippen LogP contribution in [0.2, 0.25) is 0 Å². The molecule has 5 nitrogen and oxygen atoms in total. The van der Waals surface area contributed by atoms with E-state index in [4.69, 9.17) is 4.74 Å². The largest absolute Gasteiger partial charge is 0.383 e. The summed E-state index contributed by atoms with van der Waals surface area (Å²) in [6, 6.07) is 1.75. The van der Waals surface area contributed by atoms with Crippen LogP contribution in [-0.4, -0.2) is 35.9 Å². The molecule has 0 fully saturated rings. The quantitative estimate of drug-likeness (QED) is 0.697. The van der Waals surface area contributed by atoms with Crippen LogP contribution in [-0.2, 0) is 11.8 Å². The highest BCUT2D eigenvalue weighted by Crippen LogP contribution is 2.00. The maximum atomic E-state index is 11.5. The van der Waals surface area contributed by atoms with Crippen molar-refractivity contribution < 1.29 is 9.53 Å². The van der Waals surface area contributed by atoms with E-state index in [1.54, 1.807) is 24.9 Å². The van der Waals surface area contributed by atoms with Gasteiger partial charge in [0.2, 0.25) is 0 Å². The third-order valence-electron chi connectivity index (χ3n) is 1.83. The average molecular weight is 197 g/mol. The molecule has 0 aliphatic rings. The Kier molecular flexibility index (Phi) is 3.64. The second kappa shape index (κ2) is 4.76. The van der Waals surface area contributed by atoms with Gasteiger partial charge in [0.1, 0.15) is 5.69 Å². The van der Waals surface area contributed by atoms with Gasteiger partial charge in [-0.3, -0.25) is 9.48 Å². The molecule has 0 saturated carbocycles. The second-order valence-electron chi connectivity index (χ2n) is 3.04. The zero-order valence-corrected chi connectivity index (χ0v) is 8.70. The third-order valence-corrected chi connectivity index (χ3v) is 1.83. The molecule has 1 rings (SSSR count). The van der Waals surface area contributed by atoms with Crippen molar-refractivity contribution in [3.8, 4) is 0 Å². The Bertz CT molecular complexity index is 320. The first-order valence-corrected chi connectivity index (χ1v) is 4.43. The fourth-order valence-electron chi connectivity index (χ4n) is 1.18. The highest BCUT2D eigenvalue weighted by molar-refractivity contribution is 5.92.